The van der Waals surface area contributed by atoms with Crippen molar-refractivity contribution in [3.05, 3.63) is 0 Å². The normalized spacial score (nSPS) is 17.1. The Morgan fingerprint density at radius 3 is 1.71 bits per heavy atom. The van der Waals surface area contributed by atoms with Crippen LogP contribution in [0.15, 0.2) is 0 Å². The molecular weight excluding hydrogens is 135 g/mol. The average molecular weight is 144 g/mol. The number of rotatable bonds is 0. The van der Waals surface area contributed by atoms with E-state index < -0.39 is 0 Å². The van der Waals surface area contributed by atoms with Gasteiger partial charge in [0.15, 0.2) is 0 Å². The van der Waals surface area contributed by atoms with Gasteiger partial charge in [0, 0.05) is 30.3 Å². The van der Waals surface area contributed by atoms with E-state index in [1.165, 1.54) is 12.8 Å². The fourth-order valence-corrected chi connectivity index (χ4v) is 0.510. The molecule has 3 heteroatoms. The van der Waals surface area contributed by atoms with Crippen LogP contribution in [-0.2, 0) is 21.8 Å². The van der Waals surface area contributed by atoms with Crippen LogP contribution in [-0.4, -0.2) is 13.2 Å². The van der Waals surface area contributed by atoms with Crippen LogP contribution in [0.1, 0.15) is 14.3 Å². The molecule has 0 aliphatic carbocycles. The monoisotopic (exact) mass is 143 g/mol. The molecule has 1 aliphatic rings. The number of hydrogen-bond donors (Lipinski definition) is 0. The van der Waals surface area contributed by atoms with Crippen LogP contribution in [0.4, 0.5) is 0 Å². The minimum absolute atomic E-state index is 0. The molecule has 0 bridgehead atoms. The van der Waals surface area contributed by atoms with Gasteiger partial charge in [0.2, 0.25) is 0 Å². The third kappa shape index (κ3) is 4.94. The fraction of sp³-hybridized carbons (Fsp3) is 1.00. The Balaban J connectivity index is -0.0000000833. The number of hydrogen-bond acceptors (Lipinski definition) is 1. The average Bonchev–Trinajstić information content (AvgIpc) is 1.76. The summed E-state index contributed by atoms with van der Waals surface area (Å²) in [6, 6.07) is 0. The quantitative estimate of drug-likeness (QED) is 0.354. The Labute approximate surface area is 68.3 Å². The van der Waals surface area contributed by atoms with Gasteiger partial charge < -0.3 is 6.16 Å². The molecule has 0 amide bonds. The maximum atomic E-state index is 4.94. The molecule has 0 aromatic carbocycles. The maximum absolute atomic E-state index is 4.94. The molecule has 1 radical (unpaired) electrons. The summed E-state index contributed by atoms with van der Waals surface area (Å²) in [6.45, 7) is 2.00. The summed E-state index contributed by atoms with van der Waals surface area (Å²) in [6.07, 6.45) is 2.56. The fourth-order valence-electron chi connectivity index (χ4n) is 0.510. The second-order valence-electron chi connectivity index (χ2n) is 1.32. The molecule has 0 aromatic rings. The van der Waals surface area contributed by atoms with E-state index in [1.54, 1.807) is 0 Å². The molecule has 0 unspecified atom stereocenters. The predicted molar refractivity (Wildman–Crippen MR) is 21.2 cm³/mol. The zero-order valence-corrected chi connectivity index (χ0v) is 5.48. The molecule has 1 fully saturated rings. The van der Waals surface area contributed by atoms with Crippen LogP contribution < -0.4 is 18.9 Å². The van der Waals surface area contributed by atoms with Crippen LogP contribution in [0, 0.1) is 0 Å². The van der Waals surface area contributed by atoms with Crippen molar-refractivity contribution in [3.8, 4) is 0 Å². The van der Waals surface area contributed by atoms with Gasteiger partial charge >= 0.3 is 18.9 Å². The molecule has 1 aliphatic heterocycles. The van der Waals surface area contributed by atoms with Gasteiger partial charge in [0.25, 0.3) is 0 Å². The van der Waals surface area contributed by atoms with E-state index in [0.29, 0.717) is 0 Å². The SMILES string of the molecule is C1CCOC1.[Cu].[H-].[Li+]. The standard InChI is InChI=1S/C4H8O.Cu.Li.H/c1-2-4-5-3-1;;;/h1-4H2;;;/q;;+1;-1. The largest absolute Gasteiger partial charge is 1.00 e. The van der Waals surface area contributed by atoms with Crippen LogP contribution in [0.5, 0.6) is 0 Å². The summed E-state index contributed by atoms with van der Waals surface area (Å²) >= 11 is 0. The van der Waals surface area contributed by atoms with Crippen molar-refractivity contribution < 1.29 is 42.1 Å². The molecule has 0 N–H and O–H groups in total. The summed E-state index contributed by atoms with van der Waals surface area (Å²) in [5.74, 6) is 0. The third-order valence-corrected chi connectivity index (χ3v) is 0.827. The summed E-state index contributed by atoms with van der Waals surface area (Å²) < 4.78 is 4.94. The minimum Gasteiger partial charge on any atom is -1.00 e. The summed E-state index contributed by atoms with van der Waals surface area (Å²) in [4.78, 5) is 0. The van der Waals surface area contributed by atoms with Gasteiger partial charge in [-0.3, -0.25) is 0 Å². The van der Waals surface area contributed by atoms with Gasteiger partial charge in [0.05, 0.1) is 0 Å². The van der Waals surface area contributed by atoms with E-state index in [-0.39, 0.29) is 37.4 Å². The van der Waals surface area contributed by atoms with Gasteiger partial charge in [-0.05, 0) is 12.8 Å². The molecule has 1 saturated heterocycles. The molecule has 7 heavy (non-hydrogen) atoms. The van der Waals surface area contributed by atoms with Crippen LogP contribution in [0.25, 0.3) is 0 Å². The van der Waals surface area contributed by atoms with E-state index in [0.717, 1.165) is 13.2 Å². The first-order chi connectivity index (χ1) is 2.50. The van der Waals surface area contributed by atoms with E-state index in [9.17, 15) is 0 Å². The van der Waals surface area contributed by atoms with E-state index in [2.05, 4.69) is 0 Å². The Kier molecular flexibility index (Phi) is 11.1. The van der Waals surface area contributed by atoms with Crippen molar-refractivity contribution in [1.29, 1.82) is 0 Å². The van der Waals surface area contributed by atoms with Crippen molar-refractivity contribution in [2.45, 2.75) is 12.8 Å². The molecular formula is C4H9CuLiO. The first kappa shape index (κ1) is 11.0. The summed E-state index contributed by atoms with van der Waals surface area (Å²) in [7, 11) is 0. The second-order valence-corrected chi connectivity index (χ2v) is 1.32. The van der Waals surface area contributed by atoms with Crippen molar-refractivity contribution in [3.63, 3.8) is 0 Å². The van der Waals surface area contributed by atoms with Crippen LogP contribution in [0.3, 0.4) is 0 Å². The topological polar surface area (TPSA) is 9.23 Å². The zero-order valence-electron chi connectivity index (χ0n) is 5.54. The summed E-state index contributed by atoms with van der Waals surface area (Å²) in [5, 5.41) is 0. The van der Waals surface area contributed by atoms with Gasteiger partial charge in [-0.2, -0.15) is 0 Å². The van der Waals surface area contributed by atoms with Gasteiger partial charge in [-0.15, -0.1) is 0 Å². The molecule has 1 heterocycles. The maximum Gasteiger partial charge on any atom is 1.00 e. The van der Waals surface area contributed by atoms with Gasteiger partial charge in [-0.25, -0.2) is 0 Å². The zero-order chi connectivity index (χ0) is 3.54. The van der Waals surface area contributed by atoms with E-state index in [1.807, 2.05) is 0 Å². The van der Waals surface area contributed by atoms with Crippen molar-refractivity contribution in [1.82, 2.24) is 0 Å². The Bertz CT molecular complexity index is 27.6. The molecule has 0 atom stereocenters. The molecule has 43 valence electrons. The molecule has 0 spiro atoms. The summed E-state index contributed by atoms with van der Waals surface area (Å²) in [5.41, 5.74) is 0. The Hall–Kier alpha value is 1.08. The molecule has 1 rings (SSSR count). The minimum atomic E-state index is 0. The smallest absolute Gasteiger partial charge is 1.00 e. The van der Waals surface area contributed by atoms with E-state index >= 15 is 0 Å². The molecule has 0 saturated carbocycles. The first-order valence-electron chi connectivity index (χ1n) is 2.08. The van der Waals surface area contributed by atoms with Crippen molar-refractivity contribution in [2.75, 3.05) is 13.2 Å². The van der Waals surface area contributed by atoms with Gasteiger partial charge in [0.1, 0.15) is 0 Å². The van der Waals surface area contributed by atoms with Crippen LogP contribution >= 0.6 is 0 Å². The molecule has 0 aromatic heterocycles. The van der Waals surface area contributed by atoms with E-state index in [4.69, 9.17) is 4.74 Å². The first-order valence-corrected chi connectivity index (χ1v) is 2.08. The van der Waals surface area contributed by atoms with Crippen molar-refractivity contribution in [2.24, 2.45) is 0 Å². The third-order valence-electron chi connectivity index (χ3n) is 0.827. The predicted octanol–water partition coefficient (Wildman–Crippen LogP) is -2.09. The Morgan fingerprint density at radius 2 is 1.57 bits per heavy atom. The number of ether oxygens (including phenoxy) is 1. The van der Waals surface area contributed by atoms with Crippen LogP contribution in [0.2, 0.25) is 0 Å². The molecule has 1 nitrogen and oxygen atoms in total. The second kappa shape index (κ2) is 7.08. The van der Waals surface area contributed by atoms with Gasteiger partial charge in [-0.1, -0.05) is 0 Å². The van der Waals surface area contributed by atoms with Crippen molar-refractivity contribution >= 4 is 0 Å². The Morgan fingerprint density at radius 1 is 1.14 bits per heavy atom.